The summed E-state index contributed by atoms with van der Waals surface area (Å²) in [5, 5.41) is 20.9. The zero-order valence-corrected chi connectivity index (χ0v) is 13.5. The van der Waals surface area contributed by atoms with Gasteiger partial charge in [-0.3, -0.25) is 0 Å². The highest BCUT2D eigenvalue weighted by atomic mass is 32.1. The Morgan fingerprint density at radius 2 is 1.75 bits per heavy atom. The van der Waals surface area contributed by atoms with E-state index in [2.05, 4.69) is 27.8 Å². The Morgan fingerprint density at radius 1 is 1.00 bits per heavy atom. The number of benzene rings is 2. The Bertz CT molecular complexity index is 999. The van der Waals surface area contributed by atoms with Crippen LogP contribution < -0.4 is 4.74 Å². The fourth-order valence-electron chi connectivity index (χ4n) is 2.59. The maximum Gasteiger partial charge on any atom is 0.221 e. The van der Waals surface area contributed by atoms with Crippen LogP contribution in [0.3, 0.4) is 0 Å². The van der Waals surface area contributed by atoms with E-state index < -0.39 is 0 Å². The summed E-state index contributed by atoms with van der Waals surface area (Å²) in [6.45, 7) is 0.448. The number of phenolic OH excluding ortho intramolecular Hbond substituents is 1. The molecule has 0 atom stereocenters. The van der Waals surface area contributed by atoms with Gasteiger partial charge in [-0.1, -0.05) is 12.1 Å². The van der Waals surface area contributed by atoms with E-state index in [1.807, 2.05) is 30.3 Å². The lowest BCUT2D eigenvalue weighted by Crippen LogP contribution is -2.02. The number of fused-ring (bicyclic) bond motifs is 2. The van der Waals surface area contributed by atoms with Crippen LogP contribution in [0.2, 0.25) is 0 Å². The third-order valence-corrected chi connectivity index (χ3v) is 3.87. The second kappa shape index (κ2) is 6.01. The fourth-order valence-corrected chi connectivity index (χ4v) is 2.68. The van der Waals surface area contributed by atoms with E-state index in [0.29, 0.717) is 29.3 Å². The number of pyridine rings is 1. The number of aromatic hydroxyl groups is 1. The number of nitrogens with zero attached hydrogens (tertiary/aromatic N) is 4. The van der Waals surface area contributed by atoms with Crippen molar-refractivity contribution in [3.63, 3.8) is 0 Å². The third-order valence-electron chi connectivity index (χ3n) is 3.69. The minimum Gasteiger partial charge on any atom is -0.505 e. The Morgan fingerprint density at radius 3 is 2.46 bits per heavy atom. The van der Waals surface area contributed by atoms with Crippen molar-refractivity contribution in [2.45, 2.75) is 0 Å². The van der Waals surface area contributed by atoms with E-state index in [1.54, 1.807) is 18.3 Å². The average Bonchev–Trinajstić information content (AvgIpc) is 3.04. The van der Waals surface area contributed by atoms with Gasteiger partial charge in [0.2, 0.25) is 5.88 Å². The molecule has 120 valence electrons. The van der Waals surface area contributed by atoms with Crippen LogP contribution in [0.5, 0.6) is 11.6 Å². The summed E-state index contributed by atoms with van der Waals surface area (Å²) < 4.78 is 5.58. The van der Waals surface area contributed by atoms with Crippen molar-refractivity contribution in [2.75, 3.05) is 12.4 Å². The number of rotatable bonds is 4. The molecule has 1 N–H and O–H groups in total. The summed E-state index contributed by atoms with van der Waals surface area (Å²) in [6.07, 6.45) is 1.60. The van der Waals surface area contributed by atoms with Gasteiger partial charge in [0.1, 0.15) is 16.7 Å². The third kappa shape index (κ3) is 2.43. The van der Waals surface area contributed by atoms with Crippen molar-refractivity contribution in [2.24, 2.45) is 0 Å². The van der Waals surface area contributed by atoms with Gasteiger partial charge in [0.15, 0.2) is 5.75 Å². The van der Waals surface area contributed by atoms with Crippen molar-refractivity contribution >= 4 is 34.4 Å². The molecule has 2 aromatic carbocycles. The van der Waals surface area contributed by atoms with Crippen molar-refractivity contribution in [3.8, 4) is 17.3 Å². The normalized spacial score (nSPS) is 11.2. The molecule has 24 heavy (non-hydrogen) atoms. The summed E-state index contributed by atoms with van der Waals surface area (Å²) in [7, 11) is 0. The summed E-state index contributed by atoms with van der Waals surface area (Å²) in [5.41, 5.74) is 2.04. The van der Waals surface area contributed by atoms with E-state index in [0.717, 1.165) is 16.4 Å². The molecule has 0 bridgehead atoms. The van der Waals surface area contributed by atoms with Crippen LogP contribution in [0.15, 0.2) is 48.7 Å². The number of aromatic nitrogens is 4. The number of ether oxygens (including phenoxy) is 1. The first-order valence-corrected chi connectivity index (χ1v) is 8.08. The standard InChI is InChI=1S/C17H14N4O2S/c22-16-11-7-8-18-17(23-9-10-24)12(11)5-6-15(16)21-19-13-3-1-2-4-14(13)20-21/h1-8,22,24H,9-10H2. The predicted molar refractivity (Wildman–Crippen MR) is 95.2 cm³/mol. The minimum atomic E-state index is 0.0888. The van der Waals surface area contributed by atoms with Crippen molar-refractivity contribution in [1.29, 1.82) is 0 Å². The van der Waals surface area contributed by atoms with Crippen molar-refractivity contribution < 1.29 is 9.84 Å². The zero-order chi connectivity index (χ0) is 16.5. The number of phenols is 1. The molecule has 2 heterocycles. The maximum absolute atomic E-state index is 10.7. The van der Waals surface area contributed by atoms with Crippen LogP contribution in [-0.2, 0) is 0 Å². The van der Waals surface area contributed by atoms with Gasteiger partial charge in [0.05, 0.1) is 6.61 Å². The van der Waals surface area contributed by atoms with Gasteiger partial charge in [-0.05, 0) is 30.3 Å². The topological polar surface area (TPSA) is 73.1 Å². The molecular weight excluding hydrogens is 324 g/mol. The van der Waals surface area contributed by atoms with Gasteiger partial charge in [-0.2, -0.15) is 12.6 Å². The van der Waals surface area contributed by atoms with Crippen LogP contribution in [-0.4, -0.2) is 37.4 Å². The van der Waals surface area contributed by atoms with Gasteiger partial charge in [-0.25, -0.2) is 4.98 Å². The van der Waals surface area contributed by atoms with Crippen LogP contribution >= 0.6 is 12.6 Å². The first-order chi connectivity index (χ1) is 11.8. The largest absolute Gasteiger partial charge is 0.505 e. The molecule has 6 nitrogen and oxygen atoms in total. The van der Waals surface area contributed by atoms with Gasteiger partial charge < -0.3 is 9.84 Å². The molecular formula is C17H14N4O2S. The summed E-state index contributed by atoms with van der Waals surface area (Å²) in [5.74, 6) is 1.15. The monoisotopic (exact) mass is 338 g/mol. The number of hydrogen-bond acceptors (Lipinski definition) is 6. The van der Waals surface area contributed by atoms with Crippen LogP contribution in [0.1, 0.15) is 0 Å². The van der Waals surface area contributed by atoms with Gasteiger partial charge >= 0.3 is 0 Å². The molecule has 4 aromatic rings. The molecule has 0 spiro atoms. The van der Waals surface area contributed by atoms with E-state index in [-0.39, 0.29) is 5.75 Å². The van der Waals surface area contributed by atoms with E-state index in [1.165, 1.54) is 4.80 Å². The van der Waals surface area contributed by atoms with Crippen molar-refractivity contribution in [1.82, 2.24) is 20.0 Å². The Hall–Kier alpha value is -2.80. The molecule has 0 amide bonds. The minimum absolute atomic E-state index is 0.0888. The van der Waals surface area contributed by atoms with Crippen LogP contribution in [0.25, 0.3) is 27.5 Å². The number of thiol groups is 1. The molecule has 0 aliphatic rings. The second-order valence-corrected chi connectivity index (χ2v) is 5.64. The molecule has 0 fully saturated rings. The summed E-state index contributed by atoms with van der Waals surface area (Å²) in [4.78, 5) is 5.66. The fraction of sp³-hybridized carbons (Fsp3) is 0.118. The Balaban J connectivity index is 1.86. The lowest BCUT2D eigenvalue weighted by atomic mass is 10.1. The summed E-state index contributed by atoms with van der Waals surface area (Å²) >= 11 is 4.13. The van der Waals surface area contributed by atoms with Gasteiger partial charge in [-0.15, -0.1) is 15.0 Å². The predicted octanol–water partition coefficient (Wildman–Crippen LogP) is 2.98. The molecule has 4 rings (SSSR count). The van der Waals surface area contributed by atoms with E-state index >= 15 is 0 Å². The van der Waals surface area contributed by atoms with Crippen LogP contribution in [0.4, 0.5) is 0 Å². The highest BCUT2D eigenvalue weighted by molar-refractivity contribution is 7.80. The SMILES string of the molecule is Oc1c(-n2nc3ccccc3n2)ccc2c(OCCS)nccc12. The van der Waals surface area contributed by atoms with Gasteiger partial charge in [0.25, 0.3) is 0 Å². The molecule has 0 radical (unpaired) electrons. The zero-order valence-electron chi connectivity index (χ0n) is 12.6. The number of hydrogen-bond donors (Lipinski definition) is 2. The lowest BCUT2D eigenvalue weighted by Gasteiger charge is -2.10. The van der Waals surface area contributed by atoms with E-state index in [9.17, 15) is 5.11 Å². The molecule has 0 saturated carbocycles. The highest BCUT2D eigenvalue weighted by Crippen LogP contribution is 2.34. The molecule has 2 aromatic heterocycles. The van der Waals surface area contributed by atoms with Crippen molar-refractivity contribution in [3.05, 3.63) is 48.7 Å². The first kappa shape index (κ1) is 14.8. The molecule has 0 unspecified atom stereocenters. The maximum atomic E-state index is 10.7. The molecule has 0 aliphatic carbocycles. The second-order valence-electron chi connectivity index (χ2n) is 5.19. The smallest absolute Gasteiger partial charge is 0.221 e. The Kier molecular flexibility index (Phi) is 3.70. The molecule has 0 aliphatic heterocycles. The van der Waals surface area contributed by atoms with E-state index in [4.69, 9.17) is 4.74 Å². The average molecular weight is 338 g/mol. The summed E-state index contributed by atoms with van der Waals surface area (Å²) in [6, 6.07) is 12.9. The van der Waals surface area contributed by atoms with Gasteiger partial charge in [0, 0.05) is 22.7 Å². The molecule has 0 saturated heterocycles. The highest BCUT2D eigenvalue weighted by Gasteiger charge is 2.14. The lowest BCUT2D eigenvalue weighted by molar-refractivity contribution is 0.335. The van der Waals surface area contributed by atoms with Crippen LogP contribution in [0, 0.1) is 0 Å². The Labute approximate surface area is 143 Å². The first-order valence-electron chi connectivity index (χ1n) is 7.45. The quantitative estimate of drug-likeness (QED) is 0.560. The molecule has 7 heteroatoms.